The predicted molar refractivity (Wildman–Crippen MR) is 124 cm³/mol. The number of ether oxygens (including phenoxy) is 1. The summed E-state index contributed by atoms with van der Waals surface area (Å²) in [5.41, 5.74) is 0.240. The standard InChI is InChI=1S/C22H32N4O6S/c1-16(2)10-11-20(27)24-14-22(29)32-15-21(28)25-17-7-6-8-18(13-17)33(30,31)26-19-9-4-3-5-12-23-19/h6-8,13,16H,3-5,9-12,14-15H2,1-2H3,(H,23,26)(H,24,27)(H,25,28). The quantitative estimate of drug-likeness (QED) is 0.437. The molecule has 0 spiro atoms. The second-order valence-electron chi connectivity index (χ2n) is 8.19. The summed E-state index contributed by atoms with van der Waals surface area (Å²) < 4.78 is 32.7. The normalized spacial score (nSPS) is 14.1. The molecule has 1 aliphatic heterocycles. The zero-order valence-electron chi connectivity index (χ0n) is 19.1. The van der Waals surface area contributed by atoms with Crippen LogP contribution in [-0.4, -0.2) is 51.7 Å². The van der Waals surface area contributed by atoms with Crippen LogP contribution in [-0.2, 0) is 29.1 Å². The summed E-state index contributed by atoms with van der Waals surface area (Å²) >= 11 is 0. The molecule has 0 aliphatic carbocycles. The third-order valence-electron chi connectivity index (χ3n) is 4.80. The van der Waals surface area contributed by atoms with Crippen molar-refractivity contribution >= 4 is 39.3 Å². The first-order valence-electron chi connectivity index (χ1n) is 11.0. The Morgan fingerprint density at radius 3 is 2.67 bits per heavy atom. The highest BCUT2D eigenvalue weighted by molar-refractivity contribution is 7.90. The third-order valence-corrected chi connectivity index (χ3v) is 6.18. The van der Waals surface area contributed by atoms with Gasteiger partial charge in [-0.25, -0.2) is 8.42 Å². The zero-order chi connectivity index (χ0) is 24.3. The van der Waals surface area contributed by atoms with Gasteiger partial charge in [0.15, 0.2) is 6.61 Å². The third kappa shape index (κ3) is 10.0. The van der Waals surface area contributed by atoms with E-state index in [9.17, 15) is 22.8 Å². The number of hydrogen-bond acceptors (Lipinski definition) is 7. The van der Waals surface area contributed by atoms with Gasteiger partial charge in [0.1, 0.15) is 12.4 Å². The molecular weight excluding hydrogens is 448 g/mol. The van der Waals surface area contributed by atoms with E-state index in [0.717, 1.165) is 19.3 Å². The summed E-state index contributed by atoms with van der Waals surface area (Å²) in [6.45, 7) is 3.69. The largest absolute Gasteiger partial charge is 0.454 e. The summed E-state index contributed by atoms with van der Waals surface area (Å²) in [7, 11) is -3.84. The number of hydrogen-bond donors (Lipinski definition) is 3. The van der Waals surface area contributed by atoms with Crippen LogP contribution >= 0.6 is 0 Å². The Morgan fingerprint density at radius 1 is 1.12 bits per heavy atom. The molecule has 0 bridgehead atoms. The average molecular weight is 481 g/mol. The maximum absolute atomic E-state index is 12.7. The molecule has 2 amide bonds. The lowest BCUT2D eigenvalue weighted by Gasteiger charge is -2.11. The first kappa shape index (κ1) is 26.3. The number of anilines is 1. The Hall–Kier alpha value is -2.95. The van der Waals surface area contributed by atoms with Gasteiger partial charge in [-0.1, -0.05) is 26.3 Å². The summed E-state index contributed by atoms with van der Waals surface area (Å²) in [4.78, 5) is 39.7. The topological polar surface area (TPSA) is 143 Å². The van der Waals surface area contributed by atoms with Crippen molar-refractivity contribution in [1.29, 1.82) is 0 Å². The van der Waals surface area contributed by atoms with Gasteiger partial charge in [0.25, 0.3) is 15.9 Å². The van der Waals surface area contributed by atoms with E-state index in [1.807, 2.05) is 13.8 Å². The molecule has 182 valence electrons. The van der Waals surface area contributed by atoms with E-state index >= 15 is 0 Å². The molecule has 1 aliphatic rings. The monoisotopic (exact) mass is 480 g/mol. The van der Waals surface area contributed by atoms with E-state index in [1.165, 1.54) is 24.3 Å². The highest BCUT2D eigenvalue weighted by Gasteiger charge is 2.18. The van der Waals surface area contributed by atoms with E-state index < -0.39 is 28.5 Å². The highest BCUT2D eigenvalue weighted by Crippen LogP contribution is 2.16. The molecular formula is C22H32N4O6S. The van der Waals surface area contributed by atoms with Crippen LogP contribution in [0.1, 0.15) is 52.4 Å². The molecule has 0 fully saturated rings. The van der Waals surface area contributed by atoms with Crippen LogP contribution in [0.3, 0.4) is 0 Å². The van der Waals surface area contributed by atoms with Crippen LogP contribution in [0.4, 0.5) is 5.69 Å². The van der Waals surface area contributed by atoms with Gasteiger partial charge in [-0.2, -0.15) is 0 Å². The van der Waals surface area contributed by atoms with Crippen molar-refractivity contribution in [1.82, 2.24) is 10.0 Å². The van der Waals surface area contributed by atoms with Crippen LogP contribution in [0.25, 0.3) is 0 Å². The van der Waals surface area contributed by atoms with E-state index in [-0.39, 0.29) is 23.0 Å². The molecule has 2 rings (SSSR count). The molecule has 0 radical (unpaired) electrons. The lowest BCUT2D eigenvalue weighted by atomic mass is 10.1. The maximum atomic E-state index is 12.7. The Morgan fingerprint density at radius 2 is 1.91 bits per heavy atom. The van der Waals surface area contributed by atoms with Gasteiger partial charge in [-0.15, -0.1) is 0 Å². The van der Waals surface area contributed by atoms with Crippen molar-refractivity contribution in [3.63, 3.8) is 0 Å². The van der Waals surface area contributed by atoms with Crippen LogP contribution in [0.5, 0.6) is 0 Å². The lowest BCUT2D eigenvalue weighted by Crippen LogP contribution is -2.32. The minimum absolute atomic E-state index is 0.0200. The molecule has 33 heavy (non-hydrogen) atoms. The van der Waals surface area contributed by atoms with E-state index in [1.54, 1.807) is 0 Å². The number of amides is 2. The van der Waals surface area contributed by atoms with Crippen molar-refractivity contribution in [2.45, 2.75) is 57.3 Å². The number of rotatable bonds is 10. The molecule has 0 unspecified atom stereocenters. The minimum Gasteiger partial charge on any atom is -0.454 e. The van der Waals surface area contributed by atoms with Crippen LogP contribution < -0.4 is 15.4 Å². The number of benzene rings is 1. The summed E-state index contributed by atoms with van der Waals surface area (Å²) in [6, 6.07) is 5.75. The zero-order valence-corrected chi connectivity index (χ0v) is 19.9. The van der Waals surface area contributed by atoms with Gasteiger partial charge in [-0.3, -0.25) is 24.1 Å². The Labute approximate surface area is 194 Å². The molecule has 0 aromatic heterocycles. The fourth-order valence-corrected chi connectivity index (χ4v) is 4.12. The maximum Gasteiger partial charge on any atom is 0.325 e. The molecule has 0 saturated carbocycles. The van der Waals surface area contributed by atoms with Crippen LogP contribution in [0.2, 0.25) is 0 Å². The molecule has 1 aromatic rings. The summed E-state index contributed by atoms with van der Waals surface area (Å²) in [6.07, 6.45) is 4.40. The van der Waals surface area contributed by atoms with Gasteiger partial charge >= 0.3 is 5.97 Å². The van der Waals surface area contributed by atoms with Crippen molar-refractivity contribution in [3.05, 3.63) is 24.3 Å². The van der Waals surface area contributed by atoms with Crippen molar-refractivity contribution in [3.8, 4) is 0 Å². The Balaban J connectivity index is 1.83. The fraction of sp³-hybridized carbons (Fsp3) is 0.545. The smallest absolute Gasteiger partial charge is 0.325 e. The number of esters is 1. The molecule has 1 heterocycles. The van der Waals surface area contributed by atoms with Crippen LogP contribution in [0, 0.1) is 5.92 Å². The molecule has 0 saturated heterocycles. The number of aliphatic imine (C=N–C) groups is 1. The van der Waals surface area contributed by atoms with Crippen molar-refractivity contribution in [2.24, 2.45) is 10.9 Å². The Kier molecular flexibility index (Phi) is 10.3. The first-order valence-corrected chi connectivity index (χ1v) is 12.5. The van der Waals surface area contributed by atoms with Gasteiger partial charge in [0, 0.05) is 25.1 Å². The first-order chi connectivity index (χ1) is 15.7. The van der Waals surface area contributed by atoms with Crippen molar-refractivity contribution < 1.29 is 27.5 Å². The summed E-state index contributed by atoms with van der Waals surface area (Å²) in [5, 5.41) is 4.94. The van der Waals surface area contributed by atoms with E-state index in [0.29, 0.717) is 37.6 Å². The number of sulfonamides is 1. The van der Waals surface area contributed by atoms with Gasteiger partial charge in [-0.05, 0) is 43.4 Å². The van der Waals surface area contributed by atoms with E-state index in [2.05, 4.69) is 20.3 Å². The second-order valence-corrected chi connectivity index (χ2v) is 9.87. The van der Waals surface area contributed by atoms with Gasteiger partial charge in [0.2, 0.25) is 5.91 Å². The predicted octanol–water partition coefficient (Wildman–Crippen LogP) is 1.97. The molecule has 3 N–H and O–H groups in total. The number of carbonyl (C=O) groups excluding carboxylic acids is 3. The molecule has 1 aromatic carbocycles. The lowest BCUT2D eigenvalue weighted by molar-refractivity contribution is -0.147. The van der Waals surface area contributed by atoms with E-state index in [4.69, 9.17) is 4.74 Å². The second kappa shape index (κ2) is 12.9. The molecule has 11 heteroatoms. The number of nitrogens with one attached hydrogen (secondary N) is 3. The molecule has 0 atom stereocenters. The highest BCUT2D eigenvalue weighted by atomic mass is 32.2. The SMILES string of the molecule is CC(C)CCC(=O)NCC(=O)OCC(=O)Nc1cccc(S(=O)(=O)NC2=NCCCCC2)c1. The van der Waals surface area contributed by atoms with Gasteiger partial charge < -0.3 is 15.4 Å². The van der Waals surface area contributed by atoms with Crippen molar-refractivity contribution in [2.75, 3.05) is 25.0 Å². The number of nitrogens with zero attached hydrogens (tertiary/aromatic N) is 1. The Bertz CT molecular complexity index is 975. The number of amidine groups is 1. The number of carbonyl (C=O) groups is 3. The molecule has 10 nitrogen and oxygen atoms in total. The fourth-order valence-electron chi connectivity index (χ4n) is 2.99. The average Bonchev–Trinajstić information content (AvgIpc) is 3.03. The van der Waals surface area contributed by atoms with Gasteiger partial charge in [0.05, 0.1) is 4.90 Å². The summed E-state index contributed by atoms with van der Waals surface area (Å²) in [5.74, 6) is -0.823. The van der Waals surface area contributed by atoms with Crippen LogP contribution in [0.15, 0.2) is 34.2 Å². The minimum atomic E-state index is -3.84.